The van der Waals surface area contributed by atoms with Crippen LogP contribution in [-0.4, -0.2) is 63.6 Å². The molecule has 1 aliphatic heterocycles. The fourth-order valence-electron chi connectivity index (χ4n) is 2.77. The first kappa shape index (κ1) is 22.4. The molecular formula is C20H24N2O6S. The smallest absolute Gasteiger partial charge is 0.344 e. The van der Waals surface area contributed by atoms with Crippen LogP contribution in [0.5, 0.6) is 11.5 Å². The van der Waals surface area contributed by atoms with Gasteiger partial charge in [-0.15, -0.1) is 0 Å². The number of carboxylic acid groups (broad SMARTS) is 1. The van der Waals surface area contributed by atoms with Crippen LogP contribution in [0.15, 0.2) is 23.8 Å². The molecule has 2 rings (SSSR count). The van der Waals surface area contributed by atoms with Crippen molar-refractivity contribution >= 4 is 41.2 Å². The van der Waals surface area contributed by atoms with Crippen LogP contribution < -0.4 is 9.47 Å². The molecule has 1 saturated heterocycles. The third-order valence-electron chi connectivity index (χ3n) is 4.28. The third-order valence-corrected chi connectivity index (χ3v) is 4.72. The number of nitrogens with zero attached hydrogens (tertiary/aromatic N) is 2. The molecule has 0 unspecified atom stereocenters. The second-order valence-corrected chi connectivity index (χ2v) is 6.54. The van der Waals surface area contributed by atoms with Gasteiger partial charge in [0.05, 0.1) is 6.61 Å². The number of rotatable bonds is 8. The van der Waals surface area contributed by atoms with Gasteiger partial charge in [0, 0.05) is 13.1 Å². The Morgan fingerprint density at radius 1 is 1.14 bits per heavy atom. The van der Waals surface area contributed by atoms with Gasteiger partial charge in [0.15, 0.2) is 22.7 Å². The van der Waals surface area contributed by atoms with Gasteiger partial charge in [-0.1, -0.05) is 6.07 Å². The molecule has 156 valence electrons. The fourth-order valence-corrected chi connectivity index (χ4v) is 3.19. The minimum atomic E-state index is -1.10. The third kappa shape index (κ3) is 4.73. The molecule has 0 spiro atoms. The average Bonchev–Trinajstić information content (AvgIpc) is 2.68. The summed E-state index contributed by atoms with van der Waals surface area (Å²) in [5, 5.41) is 9.24. The highest BCUT2D eigenvalue weighted by Gasteiger charge is 2.37. The molecule has 0 saturated carbocycles. The standard InChI is InChI=1S/C20H24N2O6S/c1-5-21-17(23)14(18(24)22(6-2)20(21)29)10-13-8-9-15(16(11-13)27-7-3)28-12(4)19(25)26/h8-12H,5-7H2,1-4H3,(H,25,26)/t12-/m1/s1. The van der Waals surface area contributed by atoms with Crippen molar-refractivity contribution in [3.8, 4) is 11.5 Å². The Hall–Kier alpha value is -2.94. The van der Waals surface area contributed by atoms with Gasteiger partial charge in [0.2, 0.25) is 0 Å². The lowest BCUT2D eigenvalue weighted by Gasteiger charge is -2.35. The number of carbonyl (C=O) groups is 3. The van der Waals surface area contributed by atoms with E-state index in [4.69, 9.17) is 26.8 Å². The largest absolute Gasteiger partial charge is 0.490 e. The van der Waals surface area contributed by atoms with E-state index in [0.29, 0.717) is 31.0 Å². The van der Waals surface area contributed by atoms with Crippen LogP contribution in [0.3, 0.4) is 0 Å². The first-order chi connectivity index (χ1) is 13.7. The van der Waals surface area contributed by atoms with Crippen LogP contribution in [0, 0.1) is 0 Å². The van der Waals surface area contributed by atoms with Gasteiger partial charge in [-0.05, 0) is 63.7 Å². The molecule has 9 heteroatoms. The van der Waals surface area contributed by atoms with E-state index in [1.54, 1.807) is 39.0 Å². The van der Waals surface area contributed by atoms with Crippen molar-refractivity contribution in [2.75, 3.05) is 19.7 Å². The molecule has 1 aliphatic rings. The molecule has 2 amide bonds. The van der Waals surface area contributed by atoms with Gasteiger partial charge in [-0.2, -0.15) is 0 Å². The molecule has 1 N–H and O–H groups in total. The average molecular weight is 420 g/mol. The maximum Gasteiger partial charge on any atom is 0.344 e. The van der Waals surface area contributed by atoms with Crippen LogP contribution in [-0.2, 0) is 14.4 Å². The molecule has 1 aromatic carbocycles. The van der Waals surface area contributed by atoms with Gasteiger partial charge >= 0.3 is 5.97 Å². The molecular weight excluding hydrogens is 396 g/mol. The molecule has 1 atom stereocenters. The molecule has 0 aromatic heterocycles. The molecule has 0 radical (unpaired) electrons. The van der Waals surface area contributed by atoms with E-state index < -0.39 is 23.9 Å². The summed E-state index contributed by atoms with van der Waals surface area (Å²) in [6.07, 6.45) is 0.419. The Bertz CT molecular complexity index is 839. The Labute approximate surface area is 174 Å². The van der Waals surface area contributed by atoms with E-state index in [2.05, 4.69) is 0 Å². The lowest BCUT2D eigenvalue weighted by Crippen LogP contribution is -2.55. The van der Waals surface area contributed by atoms with Crippen LogP contribution >= 0.6 is 12.2 Å². The van der Waals surface area contributed by atoms with Crippen molar-refractivity contribution in [1.29, 1.82) is 0 Å². The molecule has 29 heavy (non-hydrogen) atoms. The highest BCUT2D eigenvalue weighted by atomic mass is 32.1. The number of likely N-dealkylation sites (N-methyl/N-ethyl adjacent to an activating group) is 2. The summed E-state index contributed by atoms with van der Waals surface area (Å²) in [6.45, 7) is 7.80. The summed E-state index contributed by atoms with van der Waals surface area (Å²) in [5.74, 6) is -1.43. The molecule has 0 aliphatic carbocycles. The van der Waals surface area contributed by atoms with Crippen molar-refractivity contribution in [2.45, 2.75) is 33.8 Å². The summed E-state index contributed by atoms with van der Waals surface area (Å²) in [7, 11) is 0. The summed E-state index contributed by atoms with van der Waals surface area (Å²) in [6, 6.07) is 4.77. The lowest BCUT2D eigenvalue weighted by atomic mass is 10.1. The SMILES string of the molecule is CCOc1cc(C=C2C(=O)N(CC)C(=S)N(CC)C2=O)ccc1O[C@H](C)C(=O)O. The molecule has 1 fully saturated rings. The van der Waals surface area contributed by atoms with Crippen LogP contribution in [0.25, 0.3) is 6.08 Å². The van der Waals surface area contributed by atoms with Crippen molar-refractivity contribution in [3.63, 3.8) is 0 Å². The number of aliphatic carboxylic acids is 1. The van der Waals surface area contributed by atoms with Crippen molar-refractivity contribution in [3.05, 3.63) is 29.3 Å². The Kier molecular flexibility index (Phi) is 7.33. The fraction of sp³-hybridized carbons (Fsp3) is 0.400. The first-order valence-corrected chi connectivity index (χ1v) is 9.71. The summed E-state index contributed by atoms with van der Waals surface area (Å²) in [5.41, 5.74) is 0.540. The normalized spacial score (nSPS) is 15.4. The maximum atomic E-state index is 12.7. The number of benzene rings is 1. The van der Waals surface area contributed by atoms with Gasteiger partial charge in [0.1, 0.15) is 5.57 Å². The zero-order valence-electron chi connectivity index (χ0n) is 16.8. The minimum absolute atomic E-state index is 0.00248. The lowest BCUT2D eigenvalue weighted by molar-refractivity contribution is -0.144. The van der Waals surface area contributed by atoms with E-state index >= 15 is 0 Å². The molecule has 0 bridgehead atoms. The Morgan fingerprint density at radius 2 is 1.72 bits per heavy atom. The van der Waals surface area contributed by atoms with Gasteiger partial charge < -0.3 is 14.6 Å². The van der Waals surface area contributed by atoms with Crippen LogP contribution in [0.1, 0.15) is 33.3 Å². The van der Waals surface area contributed by atoms with Crippen LogP contribution in [0.2, 0.25) is 0 Å². The van der Waals surface area contributed by atoms with Crippen molar-refractivity contribution in [2.24, 2.45) is 0 Å². The molecule has 8 nitrogen and oxygen atoms in total. The minimum Gasteiger partial charge on any atom is -0.490 e. The van der Waals surface area contributed by atoms with E-state index in [0.717, 1.165) is 0 Å². The number of ether oxygens (including phenoxy) is 2. The number of thiocarbonyl (C=S) groups is 1. The van der Waals surface area contributed by atoms with Gasteiger partial charge in [0.25, 0.3) is 11.8 Å². The van der Waals surface area contributed by atoms with Crippen molar-refractivity contribution < 1.29 is 29.0 Å². The number of hydrogen-bond donors (Lipinski definition) is 1. The van der Waals surface area contributed by atoms with E-state index in [1.165, 1.54) is 22.8 Å². The van der Waals surface area contributed by atoms with Gasteiger partial charge in [-0.3, -0.25) is 19.4 Å². The summed E-state index contributed by atoms with van der Waals surface area (Å²) >= 11 is 5.25. The topological polar surface area (TPSA) is 96.4 Å². The van der Waals surface area contributed by atoms with E-state index in [9.17, 15) is 14.4 Å². The Morgan fingerprint density at radius 3 is 2.21 bits per heavy atom. The Balaban J connectivity index is 2.44. The molecule has 1 aromatic rings. The first-order valence-electron chi connectivity index (χ1n) is 9.30. The second kappa shape index (κ2) is 9.51. The van der Waals surface area contributed by atoms with E-state index in [1.807, 2.05) is 0 Å². The summed E-state index contributed by atoms with van der Waals surface area (Å²) in [4.78, 5) is 39.3. The molecule has 1 heterocycles. The van der Waals surface area contributed by atoms with E-state index in [-0.39, 0.29) is 16.4 Å². The zero-order valence-corrected chi connectivity index (χ0v) is 17.6. The number of carboxylic acids is 1. The van der Waals surface area contributed by atoms with Crippen molar-refractivity contribution in [1.82, 2.24) is 9.80 Å². The second-order valence-electron chi connectivity index (χ2n) is 6.18. The highest BCUT2D eigenvalue weighted by molar-refractivity contribution is 7.80. The van der Waals surface area contributed by atoms with Crippen LogP contribution in [0.4, 0.5) is 0 Å². The quantitative estimate of drug-likeness (QED) is 0.392. The predicted molar refractivity (Wildman–Crippen MR) is 111 cm³/mol. The maximum absolute atomic E-state index is 12.7. The van der Waals surface area contributed by atoms with Gasteiger partial charge in [-0.25, -0.2) is 4.79 Å². The monoisotopic (exact) mass is 420 g/mol. The zero-order chi connectivity index (χ0) is 21.7. The number of amides is 2. The highest BCUT2D eigenvalue weighted by Crippen LogP contribution is 2.31. The predicted octanol–water partition coefficient (Wildman–Crippen LogP) is 2.32. The number of carbonyl (C=O) groups excluding carboxylic acids is 2. The number of hydrogen-bond acceptors (Lipinski definition) is 6. The summed E-state index contributed by atoms with van der Waals surface area (Å²) < 4.78 is 11.0.